The van der Waals surface area contributed by atoms with Crippen LogP contribution < -0.4 is 10.4 Å². The van der Waals surface area contributed by atoms with Crippen LogP contribution in [0.1, 0.15) is 54.0 Å². The number of para-hydroxylation sites is 1. The largest absolute Gasteiger partial charge is 0 e. The molecule has 3 heterocycles. The number of nitrogens with zero attached hydrogens (tertiary/aromatic N) is 3. The number of hydrogen-bond donors (Lipinski definition) is 1. The van der Waals surface area contributed by atoms with E-state index in [4.69, 9.17) is 10.2 Å². The molecule has 40 heavy (non-hydrogen) atoms. The first-order chi connectivity index (χ1) is 18.4. The molecule has 1 N–H and O–H groups in total. The maximum atomic E-state index is 11.0. The molecule has 5 rings (SSSR count). The molecule has 0 unspecified atom stereocenters. The second kappa shape index (κ2) is 13.1. The summed E-state index contributed by atoms with van der Waals surface area (Å²) < 4.78 is 2.88. The van der Waals surface area contributed by atoms with Gasteiger partial charge >= 0.3 is 173 Å². The fourth-order valence-electron chi connectivity index (χ4n) is 4.62. The van der Waals surface area contributed by atoms with E-state index in [-0.39, 0.29) is 65.0 Å². The number of pyridine rings is 1. The SMILES string of the molecule is CC(C)C(=O)/C=C(\O)C(C)C.CN1B(c2nccc3c2[se]c2cc(CC(C)(C)C)ccc23)[N-]c2ccccc21.[Ir]. The summed E-state index contributed by atoms with van der Waals surface area (Å²) in [5.74, 6) is 0.161. The molecule has 0 fully saturated rings. The molecule has 0 saturated heterocycles. The minimum absolute atomic E-state index is 0. The summed E-state index contributed by atoms with van der Waals surface area (Å²) >= 11 is 0.271. The summed E-state index contributed by atoms with van der Waals surface area (Å²) in [6.07, 6.45) is 4.37. The standard InChI is InChI=1S/C23H23BN3Se.C9H16O2.Ir/c1-23(2,3)14-15-9-10-16-17-11-12-25-22(21(17)28-20(16)13-15)24-26-18-7-5-6-8-19(18)27(24)4;1-6(2)8(10)5-9(11)7(3)4;/h5-13H,14H2,1-4H3;5-7,10H,1-4H3;/q-1;;/b;8-5-;. The molecule has 2 aromatic carbocycles. The summed E-state index contributed by atoms with van der Waals surface area (Å²) in [7, 11) is 2.12. The number of anilines is 1. The van der Waals surface area contributed by atoms with Crippen molar-refractivity contribution >= 4 is 63.5 Å². The predicted molar refractivity (Wildman–Crippen MR) is 168 cm³/mol. The zero-order valence-electron chi connectivity index (χ0n) is 24.7. The van der Waals surface area contributed by atoms with E-state index >= 15 is 0 Å². The molecule has 0 amide bonds. The van der Waals surface area contributed by atoms with Crippen LogP contribution in [0.2, 0.25) is 0 Å². The molecular weight excluding hydrogens is 740 g/mol. The van der Waals surface area contributed by atoms with E-state index in [1.807, 2.05) is 33.9 Å². The van der Waals surface area contributed by atoms with Gasteiger partial charge in [-0.15, -0.1) is 0 Å². The summed E-state index contributed by atoms with van der Waals surface area (Å²) in [4.78, 5) is 18.1. The van der Waals surface area contributed by atoms with Crippen molar-refractivity contribution in [1.82, 2.24) is 4.98 Å². The number of carbonyl (C=O) groups excluding carboxylic acids is 1. The molecule has 0 atom stereocenters. The van der Waals surface area contributed by atoms with E-state index in [1.165, 1.54) is 36.6 Å². The molecule has 0 saturated carbocycles. The Morgan fingerprint density at radius 3 is 2.40 bits per heavy atom. The Kier molecular flexibility index (Phi) is 10.5. The quantitative estimate of drug-likeness (QED) is 0.132. The molecule has 0 spiro atoms. The molecule has 4 aromatic rings. The van der Waals surface area contributed by atoms with Gasteiger partial charge in [0.15, 0.2) is 5.78 Å². The number of aliphatic hydroxyl groups is 1. The summed E-state index contributed by atoms with van der Waals surface area (Å²) in [6, 6.07) is 17.6. The molecule has 1 radical (unpaired) electrons. The third-order valence-electron chi connectivity index (χ3n) is 6.80. The van der Waals surface area contributed by atoms with Crippen molar-refractivity contribution in [1.29, 1.82) is 0 Å². The number of aliphatic hydroxyl groups excluding tert-OH is 1. The van der Waals surface area contributed by atoms with Crippen molar-refractivity contribution in [3.8, 4) is 0 Å². The molecular formula is C32H39BIrN3O2Se-. The maximum Gasteiger partial charge on any atom is 0 e. The number of carbonyl (C=O) groups is 1. The van der Waals surface area contributed by atoms with Crippen molar-refractivity contribution in [3.63, 3.8) is 0 Å². The van der Waals surface area contributed by atoms with Gasteiger partial charge in [-0.3, -0.25) is 4.79 Å². The molecule has 0 bridgehead atoms. The Bertz CT molecular complexity index is 1520. The monoisotopic (exact) mass is 781 g/mol. The number of fused-ring (bicyclic) bond motifs is 4. The van der Waals surface area contributed by atoms with Crippen molar-refractivity contribution < 1.29 is 30.0 Å². The fraction of sp³-hybridized carbons (Fsp3) is 0.375. The molecule has 213 valence electrons. The van der Waals surface area contributed by atoms with Gasteiger partial charge in [0.05, 0.1) is 5.76 Å². The molecule has 1 aliphatic rings. The predicted octanol–water partition coefficient (Wildman–Crippen LogP) is 7.19. The summed E-state index contributed by atoms with van der Waals surface area (Å²) in [6.45, 7) is 14.2. The molecule has 1 aliphatic heterocycles. The normalized spacial score (nSPS) is 13.3. The van der Waals surface area contributed by atoms with Gasteiger partial charge in [0.2, 0.25) is 0 Å². The first-order valence-electron chi connectivity index (χ1n) is 13.6. The number of ketones is 1. The summed E-state index contributed by atoms with van der Waals surface area (Å²) in [5, 5.41) is 16.9. The van der Waals surface area contributed by atoms with Crippen molar-refractivity contribution in [2.45, 2.75) is 54.9 Å². The fourth-order valence-corrected chi connectivity index (χ4v) is 7.28. The van der Waals surface area contributed by atoms with E-state index in [0.29, 0.717) is 5.41 Å². The van der Waals surface area contributed by atoms with Crippen LogP contribution in [0.25, 0.3) is 24.5 Å². The van der Waals surface area contributed by atoms with Crippen LogP contribution >= 0.6 is 0 Å². The first kappa shape index (κ1) is 32.2. The van der Waals surface area contributed by atoms with Crippen LogP contribution in [0.5, 0.6) is 0 Å². The molecule has 0 aliphatic carbocycles. The van der Waals surface area contributed by atoms with Gasteiger partial charge in [0.1, 0.15) is 0 Å². The van der Waals surface area contributed by atoms with Crippen LogP contribution in [0.15, 0.2) is 66.6 Å². The number of benzene rings is 2. The Morgan fingerprint density at radius 1 is 1.07 bits per heavy atom. The minimum atomic E-state index is -0.0316. The van der Waals surface area contributed by atoms with Gasteiger partial charge < -0.3 is 5.11 Å². The average molecular weight is 780 g/mol. The average Bonchev–Trinajstić information content (AvgIpc) is 3.40. The van der Waals surface area contributed by atoms with Crippen LogP contribution in [0.4, 0.5) is 11.4 Å². The van der Waals surface area contributed by atoms with E-state index in [1.54, 1.807) is 0 Å². The Balaban J connectivity index is 0.000000316. The van der Waals surface area contributed by atoms with E-state index in [2.05, 4.69) is 81.2 Å². The van der Waals surface area contributed by atoms with Gasteiger partial charge in [-0.05, 0) is 0 Å². The first-order valence-corrected chi connectivity index (χ1v) is 15.3. The topological polar surface area (TPSA) is 67.5 Å². The number of aromatic nitrogens is 1. The minimum Gasteiger partial charge on any atom is 0 e. The van der Waals surface area contributed by atoms with Crippen molar-refractivity contribution in [2.24, 2.45) is 17.3 Å². The zero-order valence-corrected chi connectivity index (χ0v) is 28.8. The van der Waals surface area contributed by atoms with Crippen molar-refractivity contribution in [2.75, 3.05) is 11.9 Å². The van der Waals surface area contributed by atoms with Crippen LogP contribution in [-0.2, 0) is 31.3 Å². The number of hydrogen-bond acceptors (Lipinski definition) is 4. The van der Waals surface area contributed by atoms with Crippen molar-refractivity contribution in [3.05, 3.63) is 77.4 Å². The maximum absolute atomic E-state index is 11.0. The van der Waals surface area contributed by atoms with Gasteiger partial charge in [-0.25, -0.2) is 0 Å². The second-order valence-corrected chi connectivity index (χ2v) is 14.3. The van der Waals surface area contributed by atoms with Crippen LogP contribution in [-0.4, -0.2) is 44.4 Å². The van der Waals surface area contributed by atoms with E-state index < -0.39 is 0 Å². The Hall–Kier alpha value is -2.37. The molecule has 5 nitrogen and oxygen atoms in total. The number of allylic oxidation sites excluding steroid dienone is 2. The van der Waals surface area contributed by atoms with Gasteiger partial charge in [0, 0.05) is 38.0 Å². The van der Waals surface area contributed by atoms with Crippen LogP contribution in [0.3, 0.4) is 0 Å². The smallest absolute Gasteiger partial charge is 0 e. The Morgan fingerprint density at radius 2 is 1.77 bits per heavy atom. The third-order valence-corrected chi connectivity index (χ3v) is 9.30. The zero-order chi connectivity index (χ0) is 28.5. The number of rotatable bonds is 5. The Labute approximate surface area is 258 Å². The summed E-state index contributed by atoms with van der Waals surface area (Å²) in [5.41, 5.74) is 5.10. The van der Waals surface area contributed by atoms with Gasteiger partial charge in [0.25, 0.3) is 0 Å². The van der Waals surface area contributed by atoms with Gasteiger partial charge in [-0.2, -0.15) is 0 Å². The van der Waals surface area contributed by atoms with E-state index in [0.717, 1.165) is 17.7 Å². The third kappa shape index (κ3) is 7.28. The van der Waals surface area contributed by atoms with Crippen LogP contribution in [0, 0.1) is 17.3 Å². The van der Waals surface area contributed by atoms with E-state index in [9.17, 15) is 9.90 Å². The molecule has 8 heteroatoms. The van der Waals surface area contributed by atoms with Gasteiger partial charge in [-0.1, -0.05) is 27.7 Å². The molecule has 2 aromatic heterocycles. The second-order valence-electron chi connectivity index (χ2n) is 12.1.